The van der Waals surface area contributed by atoms with Crippen molar-refractivity contribution < 1.29 is 0 Å². The number of nitrogens with one attached hydrogen (secondary N) is 1. The fourth-order valence-corrected chi connectivity index (χ4v) is 2.21. The van der Waals surface area contributed by atoms with Gasteiger partial charge in [-0.3, -0.25) is 4.90 Å². The molecule has 0 amide bonds. The standard InChI is InChI=1S/C16H24N2/c1-13(2)18(11-14(3)16-9-17-10-16)12-15-7-5-4-6-8-15/h4-8,13,17H,9-12H2,1-3H3. The van der Waals surface area contributed by atoms with E-state index in [1.54, 1.807) is 11.1 Å². The Kier molecular flexibility index (Phi) is 4.56. The first-order valence-electron chi connectivity index (χ1n) is 6.83. The molecule has 1 fully saturated rings. The Morgan fingerprint density at radius 1 is 1.22 bits per heavy atom. The third kappa shape index (κ3) is 3.44. The van der Waals surface area contributed by atoms with Gasteiger partial charge in [0.25, 0.3) is 0 Å². The molecule has 1 aliphatic rings. The first-order valence-corrected chi connectivity index (χ1v) is 6.83. The molecule has 0 atom stereocenters. The topological polar surface area (TPSA) is 15.3 Å². The van der Waals surface area contributed by atoms with Gasteiger partial charge in [-0.2, -0.15) is 0 Å². The van der Waals surface area contributed by atoms with Crippen molar-refractivity contribution in [1.82, 2.24) is 10.2 Å². The molecule has 0 unspecified atom stereocenters. The molecule has 1 aromatic rings. The normalized spacial score (nSPS) is 15.1. The fourth-order valence-electron chi connectivity index (χ4n) is 2.21. The molecule has 0 aromatic heterocycles. The van der Waals surface area contributed by atoms with Crippen LogP contribution in [0.5, 0.6) is 0 Å². The lowest BCUT2D eigenvalue weighted by molar-refractivity contribution is 0.230. The molecule has 98 valence electrons. The van der Waals surface area contributed by atoms with Crippen LogP contribution in [0.4, 0.5) is 0 Å². The maximum Gasteiger partial charge on any atom is 0.0239 e. The maximum atomic E-state index is 3.32. The Morgan fingerprint density at radius 2 is 1.89 bits per heavy atom. The molecular weight excluding hydrogens is 220 g/mol. The van der Waals surface area contributed by atoms with Crippen molar-refractivity contribution in [2.45, 2.75) is 33.4 Å². The molecule has 2 rings (SSSR count). The molecule has 1 saturated heterocycles. The van der Waals surface area contributed by atoms with Gasteiger partial charge in [-0.15, -0.1) is 0 Å². The van der Waals surface area contributed by atoms with E-state index in [9.17, 15) is 0 Å². The highest BCUT2D eigenvalue weighted by atomic mass is 15.1. The highest BCUT2D eigenvalue weighted by Gasteiger charge is 2.15. The van der Waals surface area contributed by atoms with Gasteiger partial charge >= 0.3 is 0 Å². The van der Waals surface area contributed by atoms with E-state index >= 15 is 0 Å². The van der Waals surface area contributed by atoms with E-state index in [2.05, 4.69) is 61.3 Å². The second kappa shape index (κ2) is 6.17. The third-order valence-corrected chi connectivity index (χ3v) is 3.68. The predicted octanol–water partition coefficient (Wildman–Crippen LogP) is 2.82. The van der Waals surface area contributed by atoms with Crippen LogP contribution in [-0.4, -0.2) is 30.6 Å². The summed E-state index contributed by atoms with van der Waals surface area (Å²) in [5, 5.41) is 3.32. The van der Waals surface area contributed by atoms with Crippen molar-refractivity contribution in [3.63, 3.8) is 0 Å². The lowest BCUT2D eigenvalue weighted by Crippen LogP contribution is -2.38. The lowest BCUT2D eigenvalue weighted by atomic mass is 10.0. The van der Waals surface area contributed by atoms with Crippen molar-refractivity contribution in [1.29, 1.82) is 0 Å². The first-order chi connectivity index (χ1) is 8.66. The molecule has 0 bridgehead atoms. The Hall–Kier alpha value is -1.12. The molecule has 18 heavy (non-hydrogen) atoms. The zero-order valence-electron chi connectivity index (χ0n) is 11.7. The van der Waals surface area contributed by atoms with Gasteiger partial charge in [-0.1, -0.05) is 35.9 Å². The van der Waals surface area contributed by atoms with Crippen LogP contribution >= 0.6 is 0 Å². The zero-order valence-corrected chi connectivity index (χ0v) is 11.7. The van der Waals surface area contributed by atoms with Crippen LogP contribution in [0.3, 0.4) is 0 Å². The molecule has 0 spiro atoms. The average Bonchev–Trinajstić information content (AvgIpc) is 2.27. The molecule has 2 nitrogen and oxygen atoms in total. The highest BCUT2D eigenvalue weighted by molar-refractivity contribution is 5.23. The van der Waals surface area contributed by atoms with Crippen LogP contribution in [0.2, 0.25) is 0 Å². The van der Waals surface area contributed by atoms with E-state index in [0.717, 1.165) is 26.2 Å². The molecule has 0 saturated carbocycles. The molecule has 1 aromatic carbocycles. The third-order valence-electron chi connectivity index (χ3n) is 3.68. The second-order valence-corrected chi connectivity index (χ2v) is 5.47. The lowest BCUT2D eigenvalue weighted by Gasteiger charge is -2.30. The Labute approximate surface area is 111 Å². The first kappa shape index (κ1) is 13.3. The molecule has 0 radical (unpaired) electrons. The van der Waals surface area contributed by atoms with E-state index in [4.69, 9.17) is 0 Å². The number of hydrogen-bond donors (Lipinski definition) is 1. The Balaban J connectivity index is 2.00. The molecule has 1 aliphatic heterocycles. The fraction of sp³-hybridized carbons (Fsp3) is 0.500. The monoisotopic (exact) mass is 244 g/mol. The van der Waals surface area contributed by atoms with Gasteiger partial charge < -0.3 is 5.32 Å². The maximum absolute atomic E-state index is 3.32. The van der Waals surface area contributed by atoms with Crippen LogP contribution in [-0.2, 0) is 6.54 Å². The van der Waals surface area contributed by atoms with E-state index in [-0.39, 0.29) is 0 Å². The summed E-state index contributed by atoms with van der Waals surface area (Å²) in [6.45, 7) is 11.1. The SMILES string of the molecule is CC(CN(Cc1ccccc1)C(C)C)=C1CNC1. The van der Waals surface area contributed by atoms with Gasteiger partial charge in [0.15, 0.2) is 0 Å². The van der Waals surface area contributed by atoms with E-state index < -0.39 is 0 Å². The van der Waals surface area contributed by atoms with Crippen LogP contribution in [0, 0.1) is 0 Å². The highest BCUT2D eigenvalue weighted by Crippen LogP contribution is 2.14. The van der Waals surface area contributed by atoms with Gasteiger partial charge in [-0.05, 0) is 31.9 Å². The van der Waals surface area contributed by atoms with Gasteiger partial charge in [0.1, 0.15) is 0 Å². The average molecular weight is 244 g/mol. The minimum Gasteiger partial charge on any atom is -0.309 e. The van der Waals surface area contributed by atoms with Gasteiger partial charge in [-0.25, -0.2) is 0 Å². The molecule has 0 aliphatic carbocycles. The summed E-state index contributed by atoms with van der Waals surface area (Å²) in [4.78, 5) is 2.54. The summed E-state index contributed by atoms with van der Waals surface area (Å²) in [5.74, 6) is 0. The van der Waals surface area contributed by atoms with Crippen molar-refractivity contribution in [2.24, 2.45) is 0 Å². The number of hydrogen-bond acceptors (Lipinski definition) is 2. The van der Waals surface area contributed by atoms with E-state index in [0.29, 0.717) is 6.04 Å². The summed E-state index contributed by atoms with van der Waals surface area (Å²) in [6.07, 6.45) is 0. The second-order valence-electron chi connectivity index (χ2n) is 5.47. The minimum atomic E-state index is 0.578. The molecular formula is C16H24N2. The van der Waals surface area contributed by atoms with E-state index in [1.807, 2.05) is 0 Å². The molecule has 1 heterocycles. The zero-order chi connectivity index (χ0) is 13.0. The number of rotatable bonds is 5. The molecule has 2 heteroatoms. The quantitative estimate of drug-likeness (QED) is 0.801. The molecule has 1 N–H and O–H groups in total. The van der Waals surface area contributed by atoms with Crippen molar-refractivity contribution >= 4 is 0 Å². The van der Waals surface area contributed by atoms with Crippen LogP contribution in [0.25, 0.3) is 0 Å². The Bertz CT molecular complexity index is 400. The minimum absolute atomic E-state index is 0.578. The predicted molar refractivity (Wildman–Crippen MR) is 77.6 cm³/mol. The van der Waals surface area contributed by atoms with Crippen LogP contribution < -0.4 is 5.32 Å². The summed E-state index contributed by atoms with van der Waals surface area (Å²) in [6, 6.07) is 11.3. The summed E-state index contributed by atoms with van der Waals surface area (Å²) < 4.78 is 0. The van der Waals surface area contributed by atoms with Crippen molar-refractivity contribution in [2.75, 3.05) is 19.6 Å². The van der Waals surface area contributed by atoms with Crippen LogP contribution in [0.15, 0.2) is 41.5 Å². The smallest absolute Gasteiger partial charge is 0.0239 e. The largest absolute Gasteiger partial charge is 0.309 e. The van der Waals surface area contributed by atoms with Crippen LogP contribution in [0.1, 0.15) is 26.3 Å². The van der Waals surface area contributed by atoms with Crippen molar-refractivity contribution in [3.05, 3.63) is 47.0 Å². The number of nitrogens with zero attached hydrogens (tertiary/aromatic N) is 1. The Morgan fingerprint density at radius 3 is 2.39 bits per heavy atom. The van der Waals surface area contributed by atoms with E-state index in [1.165, 1.54) is 5.56 Å². The van der Waals surface area contributed by atoms with Gasteiger partial charge in [0.05, 0.1) is 0 Å². The van der Waals surface area contributed by atoms with Crippen molar-refractivity contribution in [3.8, 4) is 0 Å². The summed E-state index contributed by atoms with van der Waals surface area (Å²) >= 11 is 0. The summed E-state index contributed by atoms with van der Waals surface area (Å²) in [5.41, 5.74) is 4.53. The van der Waals surface area contributed by atoms with Gasteiger partial charge in [0.2, 0.25) is 0 Å². The number of benzene rings is 1. The van der Waals surface area contributed by atoms with Gasteiger partial charge in [0, 0.05) is 32.2 Å². The summed E-state index contributed by atoms with van der Waals surface area (Å²) in [7, 11) is 0.